The first-order valence-electron chi connectivity index (χ1n) is 7.96. The number of halogens is 2. The minimum Gasteiger partial charge on any atom is -0.375 e. The van der Waals surface area contributed by atoms with Crippen LogP contribution in [0.25, 0.3) is 0 Å². The predicted octanol–water partition coefficient (Wildman–Crippen LogP) is 2.99. The number of para-hydroxylation sites is 1. The average Bonchev–Trinajstić information content (AvgIpc) is 2.52. The fraction of sp³-hybridized carbons (Fsp3) is 0.588. The molecular weight excluding hydrogens is 333 g/mol. The number of carbonyl (C=O) groups excluding carboxylic acids is 1. The van der Waals surface area contributed by atoms with E-state index in [-0.39, 0.29) is 42.7 Å². The van der Waals surface area contributed by atoms with Crippen molar-refractivity contribution in [3.05, 3.63) is 30.3 Å². The smallest absolute Gasteiger partial charge is 0.223 e. The number of rotatable bonds is 6. The van der Waals surface area contributed by atoms with Gasteiger partial charge in [0, 0.05) is 37.8 Å². The van der Waals surface area contributed by atoms with E-state index in [1.807, 2.05) is 18.2 Å². The fourth-order valence-corrected chi connectivity index (χ4v) is 2.95. The van der Waals surface area contributed by atoms with Crippen molar-refractivity contribution in [1.29, 1.82) is 0 Å². The second-order valence-electron chi connectivity index (χ2n) is 6.03. The normalized spacial score (nSPS) is 19.9. The molecular formula is C17H29Cl2N3O. The van der Waals surface area contributed by atoms with Crippen LogP contribution in [0.4, 0.5) is 5.69 Å². The van der Waals surface area contributed by atoms with Gasteiger partial charge in [0.15, 0.2) is 0 Å². The van der Waals surface area contributed by atoms with Gasteiger partial charge in [-0.15, -0.1) is 24.8 Å². The van der Waals surface area contributed by atoms with Gasteiger partial charge in [0.25, 0.3) is 0 Å². The SMILES string of the molecule is CN(CCCNC(=O)C1CCCC(N)C1)c1ccccc1.Cl.Cl. The first-order chi connectivity index (χ1) is 10.2. The number of anilines is 1. The van der Waals surface area contributed by atoms with E-state index in [0.717, 1.165) is 45.2 Å². The summed E-state index contributed by atoms with van der Waals surface area (Å²) in [4.78, 5) is 14.3. The van der Waals surface area contributed by atoms with Gasteiger partial charge in [0.05, 0.1) is 0 Å². The van der Waals surface area contributed by atoms with Crippen molar-refractivity contribution < 1.29 is 4.79 Å². The van der Waals surface area contributed by atoms with Crippen LogP contribution in [0.5, 0.6) is 0 Å². The quantitative estimate of drug-likeness (QED) is 0.765. The third-order valence-corrected chi connectivity index (χ3v) is 4.25. The highest BCUT2D eigenvalue weighted by Crippen LogP contribution is 2.23. The van der Waals surface area contributed by atoms with Crippen molar-refractivity contribution in [2.45, 2.75) is 38.1 Å². The van der Waals surface area contributed by atoms with Crippen molar-refractivity contribution in [2.75, 3.05) is 25.0 Å². The van der Waals surface area contributed by atoms with Crippen molar-refractivity contribution in [3.8, 4) is 0 Å². The standard InChI is InChI=1S/C17H27N3O.2ClH/c1-20(16-9-3-2-4-10-16)12-6-11-19-17(21)14-7-5-8-15(18)13-14;;/h2-4,9-10,14-15H,5-8,11-13,18H2,1H3,(H,19,21);2*1H. The van der Waals surface area contributed by atoms with Crippen molar-refractivity contribution in [3.63, 3.8) is 0 Å². The van der Waals surface area contributed by atoms with Crippen molar-refractivity contribution in [1.82, 2.24) is 5.32 Å². The molecule has 1 aliphatic rings. The maximum Gasteiger partial charge on any atom is 0.223 e. The van der Waals surface area contributed by atoms with Crippen LogP contribution < -0.4 is 16.0 Å². The molecule has 0 saturated heterocycles. The highest BCUT2D eigenvalue weighted by atomic mass is 35.5. The Morgan fingerprint density at radius 3 is 2.61 bits per heavy atom. The molecule has 132 valence electrons. The largest absolute Gasteiger partial charge is 0.375 e. The molecule has 1 aromatic rings. The third kappa shape index (κ3) is 7.42. The maximum absolute atomic E-state index is 12.1. The molecule has 1 saturated carbocycles. The highest BCUT2D eigenvalue weighted by Gasteiger charge is 2.24. The van der Waals surface area contributed by atoms with E-state index < -0.39 is 0 Å². The van der Waals surface area contributed by atoms with E-state index in [0.29, 0.717) is 0 Å². The Hall–Kier alpha value is -0.970. The maximum atomic E-state index is 12.1. The van der Waals surface area contributed by atoms with Crippen LogP contribution in [0.1, 0.15) is 32.1 Å². The Morgan fingerprint density at radius 1 is 1.26 bits per heavy atom. The summed E-state index contributed by atoms with van der Waals surface area (Å²) >= 11 is 0. The summed E-state index contributed by atoms with van der Waals surface area (Å²) in [6.07, 6.45) is 4.93. The summed E-state index contributed by atoms with van der Waals surface area (Å²) in [7, 11) is 2.08. The third-order valence-electron chi connectivity index (χ3n) is 4.25. The second kappa shape index (κ2) is 11.5. The van der Waals surface area contributed by atoms with Crippen LogP contribution in [-0.4, -0.2) is 32.1 Å². The van der Waals surface area contributed by atoms with E-state index in [1.54, 1.807) is 0 Å². The lowest BCUT2D eigenvalue weighted by atomic mass is 9.85. The molecule has 0 aromatic heterocycles. The van der Waals surface area contributed by atoms with Gasteiger partial charge in [0.1, 0.15) is 0 Å². The summed E-state index contributed by atoms with van der Waals surface area (Å²) in [5, 5.41) is 3.06. The average molecular weight is 362 g/mol. The molecule has 0 radical (unpaired) electrons. The number of nitrogens with one attached hydrogen (secondary N) is 1. The molecule has 1 aliphatic carbocycles. The molecule has 2 rings (SSSR count). The lowest BCUT2D eigenvalue weighted by Crippen LogP contribution is -2.38. The molecule has 0 bridgehead atoms. The highest BCUT2D eigenvalue weighted by molar-refractivity contribution is 5.85. The molecule has 0 spiro atoms. The summed E-state index contributed by atoms with van der Waals surface area (Å²) in [6, 6.07) is 10.5. The van der Waals surface area contributed by atoms with Crippen LogP contribution in [0.15, 0.2) is 30.3 Å². The van der Waals surface area contributed by atoms with Gasteiger partial charge < -0.3 is 16.0 Å². The van der Waals surface area contributed by atoms with E-state index in [9.17, 15) is 4.79 Å². The fourth-order valence-electron chi connectivity index (χ4n) is 2.95. The number of hydrogen-bond donors (Lipinski definition) is 2. The van der Waals surface area contributed by atoms with Crippen LogP contribution in [-0.2, 0) is 4.79 Å². The number of carbonyl (C=O) groups is 1. The van der Waals surface area contributed by atoms with Crippen LogP contribution in [0.2, 0.25) is 0 Å². The number of amides is 1. The van der Waals surface area contributed by atoms with Gasteiger partial charge in [-0.1, -0.05) is 24.6 Å². The molecule has 0 aliphatic heterocycles. The summed E-state index contributed by atoms with van der Waals surface area (Å²) in [5.74, 6) is 0.313. The molecule has 3 N–H and O–H groups in total. The number of nitrogens with zero attached hydrogens (tertiary/aromatic N) is 1. The first kappa shape index (κ1) is 22.0. The van der Waals surface area contributed by atoms with Crippen molar-refractivity contribution >= 4 is 36.4 Å². The van der Waals surface area contributed by atoms with Gasteiger partial charge in [0.2, 0.25) is 5.91 Å². The number of benzene rings is 1. The Kier molecular flexibility index (Phi) is 11.1. The van der Waals surface area contributed by atoms with E-state index in [1.165, 1.54) is 5.69 Å². The minimum atomic E-state index is 0. The molecule has 2 atom stereocenters. The predicted molar refractivity (Wildman–Crippen MR) is 102 cm³/mol. The molecule has 0 heterocycles. The molecule has 4 nitrogen and oxygen atoms in total. The molecule has 1 fully saturated rings. The molecule has 23 heavy (non-hydrogen) atoms. The van der Waals surface area contributed by atoms with Gasteiger partial charge in [-0.3, -0.25) is 4.79 Å². The lowest BCUT2D eigenvalue weighted by molar-refractivity contribution is -0.126. The van der Waals surface area contributed by atoms with Crippen LogP contribution in [0.3, 0.4) is 0 Å². The zero-order chi connectivity index (χ0) is 15.1. The molecule has 1 amide bonds. The van der Waals surface area contributed by atoms with E-state index in [4.69, 9.17) is 5.73 Å². The molecule has 1 aromatic carbocycles. The number of nitrogens with two attached hydrogens (primary N) is 1. The van der Waals surface area contributed by atoms with E-state index in [2.05, 4.69) is 29.4 Å². The van der Waals surface area contributed by atoms with Gasteiger partial charge in [-0.25, -0.2) is 0 Å². The Morgan fingerprint density at radius 2 is 1.96 bits per heavy atom. The molecule has 6 heteroatoms. The monoisotopic (exact) mass is 361 g/mol. The van der Waals surface area contributed by atoms with Crippen molar-refractivity contribution in [2.24, 2.45) is 11.7 Å². The summed E-state index contributed by atoms with van der Waals surface area (Å²) < 4.78 is 0. The van der Waals surface area contributed by atoms with Gasteiger partial charge in [-0.2, -0.15) is 0 Å². The van der Waals surface area contributed by atoms with Crippen LogP contribution in [0, 0.1) is 5.92 Å². The Balaban J connectivity index is 0.00000242. The summed E-state index contributed by atoms with van der Waals surface area (Å²) in [5.41, 5.74) is 7.15. The summed E-state index contributed by atoms with van der Waals surface area (Å²) in [6.45, 7) is 1.68. The first-order valence-corrected chi connectivity index (χ1v) is 7.96. The Bertz CT molecular complexity index is 445. The second-order valence-corrected chi connectivity index (χ2v) is 6.03. The Labute approximate surface area is 152 Å². The zero-order valence-electron chi connectivity index (χ0n) is 13.7. The van der Waals surface area contributed by atoms with E-state index >= 15 is 0 Å². The van der Waals surface area contributed by atoms with Gasteiger partial charge >= 0.3 is 0 Å². The lowest BCUT2D eigenvalue weighted by Gasteiger charge is -2.26. The topological polar surface area (TPSA) is 58.4 Å². The minimum absolute atomic E-state index is 0. The zero-order valence-corrected chi connectivity index (χ0v) is 15.4. The van der Waals surface area contributed by atoms with Crippen LogP contribution >= 0.6 is 24.8 Å². The molecule has 2 unspecified atom stereocenters. The number of hydrogen-bond acceptors (Lipinski definition) is 3. The van der Waals surface area contributed by atoms with Gasteiger partial charge in [-0.05, 0) is 37.8 Å².